The lowest BCUT2D eigenvalue weighted by Gasteiger charge is -2.26. The van der Waals surface area contributed by atoms with Crippen LogP contribution in [0, 0.1) is 5.82 Å². The zero-order valence-corrected chi connectivity index (χ0v) is 12.1. The average Bonchev–Trinajstić information content (AvgIpc) is 2.42. The highest BCUT2D eigenvalue weighted by atomic mass is 19.1. The van der Waals surface area contributed by atoms with E-state index in [1.54, 1.807) is 12.1 Å². The number of benzene rings is 1. The molecule has 1 aromatic carbocycles. The summed E-state index contributed by atoms with van der Waals surface area (Å²) in [7, 11) is 1.50. The summed E-state index contributed by atoms with van der Waals surface area (Å²) in [5.41, 5.74) is 5.85. The third-order valence-electron chi connectivity index (χ3n) is 3.57. The van der Waals surface area contributed by atoms with Gasteiger partial charge in [-0.15, -0.1) is 0 Å². The number of carbonyl (C=O) groups is 1. The van der Waals surface area contributed by atoms with E-state index in [-0.39, 0.29) is 36.8 Å². The first-order valence-corrected chi connectivity index (χ1v) is 7.11. The van der Waals surface area contributed by atoms with Crippen molar-refractivity contribution >= 4 is 11.6 Å². The number of hydrogen-bond acceptors (Lipinski definition) is 4. The monoisotopic (exact) mass is 296 g/mol. The first-order valence-electron chi connectivity index (χ1n) is 7.11. The molecule has 0 bridgehead atoms. The Labute approximate surface area is 123 Å². The van der Waals surface area contributed by atoms with Crippen LogP contribution >= 0.6 is 0 Å². The summed E-state index contributed by atoms with van der Waals surface area (Å²) < 4.78 is 24.4. The van der Waals surface area contributed by atoms with Crippen LogP contribution in [0.25, 0.3) is 0 Å². The Morgan fingerprint density at radius 1 is 1.52 bits per heavy atom. The molecule has 1 aliphatic rings. The highest BCUT2D eigenvalue weighted by molar-refractivity contribution is 5.91. The number of amides is 1. The van der Waals surface area contributed by atoms with Crippen molar-refractivity contribution in [2.75, 3.05) is 19.0 Å². The molecule has 0 radical (unpaired) electrons. The molecule has 1 aromatic rings. The number of carbonyl (C=O) groups excluding carboxylic acids is 1. The van der Waals surface area contributed by atoms with Crippen LogP contribution in [0.2, 0.25) is 0 Å². The van der Waals surface area contributed by atoms with Crippen LogP contribution in [0.1, 0.15) is 25.7 Å². The number of rotatable bonds is 7. The van der Waals surface area contributed by atoms with Crippen LogP contribution in [0.4, 0.5) is 10.1 Å². The van der Waals surface area contributed by atoms with Gasteiger partial charge in [-0.2, -0.15) is 0 Å². The minimum Gasteiger partial charge on any atom is -0.487 e. The van der Waals surface area contributed by atoms with Gasteiger partial charge < -0.3 is 20.5 Å². The molecule has 1 aliphatic carbocycles. The van der Waals surface area contributed by atoms with E-state index in [0.29, 0.717) is 5.69 Å². The standard InChI is InChI=1S/C15H21FN2O3/c1-20-12(9-17)8-15(19)18-10-5-6-14(13(16)7-10)21-11-3-2-4-11/h5-7,11-12H,2-4,8-9,17H2,1H3,(H,18,19). The van der Waals surface area contributed by atoms with E-state index in [1.165, 1.54) is 13.2 Å². The Bertz CT molecular complexity index is 488. The Morgan fingerprint density at radius 3 is 2.81 bits per heavy atom. The zero-order valence-electron chi connectivity index (χ0n) is 12.1. The van der Waals surface area contributed by atoms with E-state index in [9.17, 15) is 9.18 Å². The Hall–Kier alpha value is -1.66. The van der Waals surface area contributed by atoms with Gasteiger partial charge in [0.15, 0.2) is 11.6 Å². The van der Waals surface area contributed by atoms with E-state index in [1.807, 2.05) is 0 Å². The summed E-state index contributed by atoms with van der Waals surface area (Å²) >= 11 is 0. The summed E-state index contributed by atoms with van der Waals surface area (Å²) in [6.45, 7) is 0.256. The van der Waals surface area contributed by atoms with E-state index >= 15 is 0 Å². The smallest absolute Gasteiger partial charge is 0.227 e. The van der Waals surface area contributed by atoms with Gasteiger partial charge in [-0.3, -0.25) is 4.79 Å². The molecule has 116 valence electrons. The molecule has 21 heavy (non-hydrogen) atoms. The van der Waals surface area contributed by atoms with Gasteiger partial charge in [-0.1, -0.05) is 0 Å². The fourth-order valence-corrected chi connectivity index (χ4v) is 2.02. The predicted molar refractivity (Wildman–Crippen MR) is 77.8 cm³/mol. The van der Waals surface area contributed by atoms with Gasteiger partial charge in [0, 0.05) is 25.4 Å². The quantitative estimate of drug-likeness (QED) is 0.807. The maximum absolute atomic E-state index is 13.9. The molecular weight excluding hydrogens is 275 g/mol. The minimum absolute atomic E-state index is 0.118. The second-order valence-corrected chi connectivity index (χ2v) is 5.16. The van der Waals surface area contributed by atoms with Gasteiger partial charge in [0.25, 0.3) is 0 Å². The van der Waals surface area contributed by atoms with Gasteiger partial charge in [0.05, 0.1) is 18.6 Å². The maximum Gasteiger partial charge on any atom is 0.227 e. The van der Waals surface area contributed by atoms with Crippen molar-refractivity contribution in [3.05, 3.63) is 24.0 Å². The number of anilines is 1. The normalized spacial score (nSPS) is 16.1. The third-order valence-corrected chi connectivity index (χ3v) is 3.57. The van der Waals surface area contributed by atoms with Gasteiger partial charge in [-0.25, -0.2) is 4.39 Å². The van der Waals surface area contributed by atoms with E-state index in [2.05, 4.69) is 5.32 Å². The highest BCUT2D eigenvalue weighted by Gasteiger charge is 2.20. The molecule has 0 saturated heterocycles. The molecule has 3 N–H and O–H groups in total. The maximum atomic E-state index is 13.9. The van der Waals surface area contributed by atoms with Crippen LogP contribution in [0.5, 0.6) is 5.75 Å². The largest absolute Gasteiger partial charge is 0.487 e. The van der Waals surface area contributed by atoms with Gasteiger partial charge in [0.1, 0.15) is 0 Å². The van der Waals surface area contributed by atoms with Crippen molar-refractivity contribution in [1.29, 1.82) is 0 Å². The second kappa shape index (κ2) is 7.38. The van der Waals surface area contributed by atoms with Crippen molar-refractivity contribution in [3.8, 4) is 5.75 Å². The van der Waals surface area contributed by atoms with Gasteiger partial charge in [-0.05, 0) is 31.4 Å². The predicted octanol–water partition coefficient (Wildman–Crippen LogP) is 2.06. The topological polar surface area (TPSA) is 73.6 Å². The summed E-state index contributed by atoms with van der Waals surface area (Å²) in [5.74, 6) is -0.504. The highest BCUT2D eigenvalue weighted by Crippen LogP contribution is 2.28. The fourth-order valence-electron chi connectivity index (χ4n) is 2.02. The molecule has 5 nitrogen and oxygen atoms in total. The summed E-state index contributed by atoms with van der Waals surface area (Å²) in [6, 6.07) is 4.43. The van der Waals surface area contributed by atoms with Crippen LogP contribution in [0.3, 0.4) is 0 Å². The Morgan fingerprint density at radius 2 is 2.29 bits per heavy atom. The fraction of sp³-hybridized carbons (Fsp3) is 0.533. The van der Waals surface area contributed by atoms with Gasteiger partial charge in [0.2, 0.25) is 5.91 Å². The first kappa shape index (κ1) is 15.7. The third kappa shape index (κ3) is 4.41. The Balaban J connectivity index is 1.91. The van der Waals surface area contributed by atoms with E-state index < -0.39 is 5.82 Å². The van der Waals surface area contributed by atoms with E-state index in [4.69, 9.17) is 15.2 Å². The number of halogens is 1. The Kier molecular flexibility index (Phi) is 5.52. The second-order valence-electron chi connectivity index (χ2n) is 5.16. The molecular formula is C15H21FN2O3. The van der Waals surface area contributed by atoms with Crippen LogP contribution in [0.15, 0.2) is 18.2 Å². The minimum atomic E-state index is -0.471. The molecule has 6 heteroatoms. The van der Waals surface area contributed by atoms with Crippen molar-refractivity contribution in [2.24, 2.45) is 5.73 Å². The zero-order chi connectivity index (χ0) is 15.2. The average molecular weight is 296 g/mol. The number of hydrogen-bond donors (Lipinski definition) is 2. The molecule has 0 heterocycles. The number of nitrogens with one attached hydrogen (secondary N) is 1. The number of methoxy groups -OCH3 is 1. The van der Waals surface area contributed by atoms with Crippen LogP contribution in [-0.2, 0) is 9.53 Å². The summed E-state index contributed by atoms with van der Waals surface area (Å²) in [4.78, 5) is 11.8. The first-order chi connectivity index (χ1) is 10.1. The molecule has 1 unspecified atom stereocenters. The number of ether oxygens (including phenoxy) is 2. The molecule has 1 fully saturated rings. The van der Waals surface area contributed by atoms with Crippen molar-refractivity contribution in [1.82, 2.24) is 0 Å². The van der Waals surface area contributed by atoms with Gasteiger partial charge >= 0.3 is 0 Å². The molecule has 0 aromatic heterocycles. The molecule has 1 atom stereocenters. The summed E-state index contributed by atoms with van der Waals surface area (Å²) in [5, 5.41) is 2.62. The SMILES string of the molecule is COC(CN)CC(=O)Nc1ccc(OC2CCC2)c(F)c1. The lowest BCUT2D eigenvalue weighted by atomic mass is 9.96. The van der Waals surface area contributed by atoms with Crippen LogP contribution < -0.4 is 15.8 Å². The van der Waals surface area contributed by atoms with Crippen molar-refractivity contribution < 1.29 is 18.7 Å². The summed E-state index contributed by atoms with van der Waals surface area (Å²) in [6.07, 6.45) is 2.98. The number of nitrogens with two attached hydrogens (primary N) is 1. The van der Waals surface area contributed by atoms with Crippen molar-refractivity contribution in [3.63, 3.8) is 0 Å². The molecule has 1 saturated carbocycles. The van der Waals surface area contributed by atoms with E-state index in [0.717, 1.165) is 19.3 Å². The van der Waals surface area contributed by atoms with Crippen LogP contribution in [-0.4, -0.2) is 31.8 Å². The lowest BCUT2D eigenvalue weighted by Crippen LogP contribution is -2.28. The molecule has 1 amide bonds. The molecule has 2 rings (SSSR count). The van der Waals surface area contributed by atoms with Crippen molar-refractivity contribution in [2.45, 2.75) is 37.9 Å². The lowest BCUT2D eigenvalue weighted by molar-refractivity contribution is -0.118. The molecule has 0 aliphatic heterocycles. The molecule has 0 spiro atoms.